The van der Waals surface area contributed by atoms with Crippen molar-refractivity contribution in [2.75, 3.05) is 20.7 Å². The molecule has 1 heterocycles. The third-order valence-corrected chi connectivity index (χ3v) is 6.67. The molecule has 0 fully saturated rings. The first-order valence-electron chi connectivity index (χ1n) is 13.0. The number of pyridine rings is 1. The van der Waals surface area contributed by atoms with Crippen LogP contribution in [0.1, 0.15) is 26.0 Å². The number of methoxy groups -OCH3 is 1. The number of rotatable bonds is 9. The molecule has 1 N–H and O–H groups in total. The van der Waals surface area contributed by atoms with Gasteiger partial charge in [-0.05, 0) is 75.2 Å². The lowest BCUT2D eigenvalue weighted by atomic mass is 10.0. The van der Waals surface area contributed by atoms with Crippen LogP contribution in [0.4, 0.5) is 10.5 Å². The summed E-state index contributed by atoms with van der Waals surface area (Å²) in [6.07, 6.45) is 10.2. The van der Waals surface area contributed by atoms with E-state index in [1.54, 1.807) is 68.4 Å². The Morgan fingerprint density at radius 1 is 1.17 bits per heavy atom. The number of carbonyl (C=O) groups is 3. The molecule has 1 aromatic heterocycles. The first kappa shape index (κ1) is 31.1. The van der Waals surface area contributed by atoms with Gasteiger partial charge >= 0.3 is 12.0 Å². The Labute approximate surface area is 245 Å². The molecule has 10 nitrogen and oxygen atoms in total. The van der Waals surface area contributed by atoms with Crippen LogP contribution in [0, 0.1) is 12.8 Å². The van der Waals surface area contributed by atoms with Crippen molar-refractivity contribution in [2.24, 2.45) is 10.9 Å². The fourth-order valence-corrected chi connectivity index (χ4v) is 4.04. The molecule has 0 saturated carbocycles. The molecule has 0 spiro atoms. The predicted octanol–water partition coefficient (Wildman–Crippen LogP) is 5.48. The Bertz CT molecular complexity index is 1370. The van der Waals surface area contributed by atoms with Gasteiger partial charge in [0.1, 0.15) is 11.5 Å². The SMILES string of the molecule is COC(=O)[C@H](C)[C@H](C)N(C=O)C(=O)NC(=Nc1ccc(Oc2ccnc(C)c2)cc1)N(C)CC1=CC=C(Cl)C=CC1. The second-order valence-corrected chi connectivity index (χ2v) is 9.94. The van der Waals surface area contributed by atoms with Gasteiger partial charge in [0.15, 0.2) is 0 Å². The van der Waals surface area contributed by atoms with E-state index in [9.17, 15) is 14.4 Å². The maximum atomic E-state index is 13.3. The Kier molecular flexibility index (Phi) is 11.2. The molecule has 1 aromatic carbocycles. The van der Waals surface area contributed by atoms with Gasteiger partial charge in [0.2, 0.25) is 12.4 Å². The van der Waals surface area contributed by atoms with Crippen molar-refractivity contribution in [3.8, 4) is 11.5 Å². The Balaban J connectivity index is 1.86. The van der Waals surface area contributed by atoms with Crippen LogP contribution in [0.2, 0.25) is 0 Å². The zero-order valence-corrected chi connectivity index (χ0v) is 24.5. The van der Waals surface area contributed by atoms with Gasteiger partial charge in [-0.25, -0.2) is 9.79 Å². The molecule has 1 aliphatic carbocycles. The van der Waals surface area contributed by atoms with Gasteiger partial charge in [-0.1, -0.05) is 23.8 Å². The minimum absolute atomic E-state index is 0.197. The molecule has 0 bridgehead atoms. The normalized spacial score (nSPS) is 14.5. The Hall–Kier alpha value is -4.44. The zero-order valence-electron chi connectivity index (χ0n) is 23.7. The summed E-state index contributed by atoms with van der Waals surface area (Å²) in [4.78, 5) is 48.7. The lowest BCUT2D eigenvalue weighted by Gasteiger charge is -2.29. The van der Waals surface area contributed by atoms with Crippen molar-refractivity contribution >= 4 is 41.7 Å². The summed E-state index contributed by atoms with van der Waals surface area (Å²) in [5.74, 6) is 0.191. The highest BCUT2D eigenvalue weighted by molar-refractivity contribution is 6.31. The van der Waals surface area contributed by atoms with E-state index in [4.69, 9.17) is 21.1 Å². The summed E-state index contributed by atoms with van der Waals surface area (Å²) in [7, 11) is 3.03. The van der Waals surface area contributed by atoms with Crippen LogP contribution in [0.25, 0.3) is 0 Å². The number of benzene rings is 1. The number of guanidine groups is 1. The number of hydrogen-bond acceptors (Lipinski definition) is 7. The number of aromatic nitrogens is 1. The topological polar surface area (TPSA) is 113 Å². The molecule has 1 aliphatic rings. The molecule has 2 atom stereocenters. The Morgan fingerprint density at radius 3 is 2.56 bits per heavy atom. The highest BCUT2D eigenvalue weighted by Crippen LogP contribution is 2.24. The fraction of sp³-hybridized carbons (Fsp3) is 0.300. The average molecular weight is 580 g/mol. The molecular formula is C30H34ClN5O5. The van der Waals surface area contributed by atoms with Gasteiger partial charge in [-0.2, -0.15) is 0 Å². The molecule has 3 rings (SSSR count). The van der Waals surface area contributed by atoms with E-state index < -0.39 is 24.0 Å². The summed E-state index contributed by atoms with van der Waals surface area (Å²) in [6, 6.07) is 9.12. The van der Waals surface area contributed by atoms with Crippen LogP contribution < -0.4 is 10.1 Å². The number of halogens is 1. The van der Waals surface area contributed by atoms with Crippen molar-refractivity contribution in [1.29, 1.82) is 0 Å². The van der Waals surface area contributed by atoms with Gasteiger partial charge in [0, 0.05) is 36.6 Å². The van der Waals surface area contributed by atoms with Crippen molar-refractivity contribution in [3.05, 3.63) is 83.2 Å². The summed E-state index contributed by atoms with van der Waals surface area (Å²) in [5, 5.41) is 3.35. The number of hydrogen-bond donors (Lipinski definition) is 1. The summed E-state index contributed by atoms with van der Waals surface area (Å²) in [5.41, 5.74) is 2.40. The Morgan fingerprint density at radius 2 is 1.90 bits per heavy atom. The van der Waals surface area contributed by atoms with Crippen LogP contribution in [-0.4, -0.2) is 65.9 Å². The first-order chi connectivity index (χ1) is 19.6. The molecule has 0 saturated heterocycles. The molecular weight excluding hydrogens is 546 g/mol. The number of imide groups is 1. The number of amides is 3. The third kappa shape index (κ3) is 9.04. The van der Waals surface area contributed by atoms with Gasteiger partial charge in [-0.15, -0.1) is 0 Å². The second-order valence-electron chi connectivity index (χ2n) is 9.50. The number of esters is 1. The number of likely N-dealkylation sites (N-methyl/N-ethyl adjacent to an activating group) is 1. The predicted molar refractivity (Wildman–Crippen MR) is 158 cm³/mol. The van der Waals surface area contributed by atoms with Crippen LogP contribution in [0.15, 0.2) is 82.5 Å². The molecule has 216 valence electrons. The molecule has 11 heteroatoms. The van der Waals surface area contributed by atoms with E-state index in [0.29, 0.717) is 41.6 Å². The van der Waals surface area contributed by atoms with Gasteiger partial charge < -0.3 is 14.4 Å². The van der Waals surface area contributed by atoms with E-state index in [0.717, 1.165) is 16.2 Å². The minimum atomic E-state index is -0.762. The summed E-state index contributed by atoms with van der Waals surface area (Å²) >= 11 is 6.12. The summed E-state index contributed by atoms with van der Waals surface area (Å²) < 4.78 is 10.7. The van der Waals surface area contributed by atoms with E-state index in [1.807, 2.05) is 31.2 Å². The lowest BCUT2D eigenvalue weighted by molar-refractivity contribution is -0.146. The van der Waals surface area contributed by atoms with Gasteiger partial charge in [0.05, 0.1) is 24.8 Å². The number of carbonyl (C=O) groups excluding carboxylic acids is 3. The fourth-order valence-electron chi connectivity index (χ4n) is 3.89. The largest absolute Gasteiger partial charge is 0.469 e. The molecule has 0 unspecified atom stereocenters. The van der Waals surface area contributed by atoms with E-state index >= 15 is 0 Å². The molecule has 2 aromatic rings. The molecule has 3 amide bonds. The number of ether oxygens (including phenoxy) is 2. The monoisotopic (exact) mass is 579 g/mol. The van der Waals surface area contributed by atoms with Crippen LogP contribution >= 0.6 is 11.6 Å². The van der Waals surface area contributed by atoms with Crippen molar-refractivity contribution in [2.45, 2.75) is 33.2 Å². The standard InChI is InChI=1S/C30H34ClN5O5/c1-20-17-27(15-16-32-20)41-26-13-11-25(12-14-26)33-29(35(4)18-23-7-6-8-24(31)10-9-23)34-30(39)36(19-37)22(3)21(2)28(38)40-5/h6,8-17,19,21-22H,7,18H2,1-5H3,(H,33,34,39)/t21-,22+/m1/s1. The van der Waals surface area contributed by atoms with Crippen LogP contribution in [0.3, 0.4) is 0 Å². The number of urea groups is 1. The highest BCUT2D eigenvalue weighted by atomic mass is 35.5. The zero-order chi connectivity index (χ0) is 29.9. The number of aryl methyl sites for hydroxylation is 1. The van der Waals surface area contributed by atoms with Gasteiger partial charge in [-0.3, -0.25) is 24.8 Å². The maximum Gasteiger partial charge on any atom is 0.330 e. The van der Waals surface area contributed by atoms with Crippen molar-refractivity contribution in [3.63, 3.8) is 0 Å². The lowest BCUT2D eigenvalue weighted by Crippen LogP contribution is -2.52. The van der Waals surface area contributed by atoms with E-state index in [1.165, 1.54) is 7.11 Å². The quantitative estimate of drug-likeness (QED) is 0.181. The van der Waals surface area contributed by atoms with Crippen LogP contribution in [-0.2, 0) is 14.3 Å². The van der Waals surface area contributed by atoms with Gasteiger partial charge in [0.25, 0.3) is 0 Å². The highest BCUT2D eigenvalue weighted by Gasteiger charge is 2.30. The molecule has 0 radical (unpaired) electrons. The number of nitrogens with one attached hydrogen (secondary N) is 1. The maximum absolute atomic E-state index is 13.3. The minimum Gasteiger partial charge on any atom is -0.469 e. The number of aliphatic imine (C=N–C) groups is 1. The smallest absolute Gasteiger partial charge is 0.330 e. The van der Waals surface area contributed by atoms with E-state index in [-0.39, 0.29) is 5.96 Å². The van der Waals surface area contributed by atoms with Crippen LogP contribution in [0.5, 0.6) is 11.5 Å². The average Bonchev–Trinajstić information content (AvgIpc) is 3.16. The molecule has 41 heavy (non-hydrogen) atoms. The number of nitrogens with zero attached hydrogens (tertiary/aromatic N) is 4. The summed E-state index contributed by atoms with van der Waals surface area (Å²) in [6.45, 7) is 5.48. The number of allylic oxidation sites excluding steroid dienone is 5. The first-order valence-corrected chi connectivity index (χ1v) is 13.3. The third-order valence-electron chi connectivity index (χ3n) is 6.41. The second kappa shape index (κ2) is 14.8. The van der Waals surface area contributed by atoms with E-state index in [2.05, 4.69) is 15.3 Å². The van der Waals surface area contributed by atoms with Crippen molar-refractivity contribution < 1.29 is 23.9 Å². The van der Waals surface area contributed by atoms with Crippen molar-refractivity contribution in [1.82, 2.24) is 20.1 Å². The molecule has 0 aliphatic heterocycles.